The highest BCUT2D eigenvalue weighted by Crippen LogP contribution is 2.58. The minimum absolute atomic E-state index is 0.122. The van der Waals surface area contributed by atoms with Gasteiger partial charge in [0.15, 0.2) is 0 Å². The average molecular weight is 409 g/mol. The van der Waals surface area contributed by atoms with Crippen LogP contribution in [0.2, 0.25) is 0 Å². The van der Waals surface area contributed by atoms with Crippen LogP contribution in [0.5, 0.6) is 5.88 Å². The van der Waals surface area contributed by atoms with Crippen LogP contribution >= 0.6 is 0 Å². The van der Waals surface area contributed by atoms with Gasteiger partial charge in [0.25, 0.3) is 0 Å². The lowest BCUT2D eigenvalue weighted by Gasteiger charge is -2.21. The second-order valence-corrected chi connectivity index (χ2v) is 8.89. The number of nitrogens with zero attached hydrogens (tertiary/aromatic N) is 3. The summed E-state index contributed by atoms with van der Waals surface area (Å²) in [6, 6.07) is 6.07. The van der Waals surface area contributed by atoms with E-state index in [4.69, 9.17) is 14.5 Å². The van der Waals surface area contributed by atoms with Gasteiger partial charge in [0, 0.05) is 56.3 Å². The molecule has 30 heavy (non-hydrogen) atoms. The largest absolute Gasteiger partial charge is 0.474 e. The quantitative estimate of drug-likeness (QED) is 0.809. The lowest BCUT2D eigenvalue weighted by molar-refractivity contribution is -0.114. The van der Waals surface area contributed by atoms with Crippen LogP contribution in [0.4, 0.5) is 17.3 Å². The number of anilines is 3. The van der Waals surface area contributed by atoms with Gasteiger partial charge in [-0.2, -0.15) is 4.98 Å². The van der Waals surface area contributed by atoms with Gasteiger partial charge in [-0.1, -0.05) is 0 Å². The molecule has 1 aliphatic heterocycles. The Hall–Kier alpha value is -2.67. The second-order valence-electron chi connectivity index (χ2n) is 8.89. The molecule has 2 atom stereocenters. The molecule has 5 rings (SSSR count). The molecule has 2 unspecified atom stereocenters. The van der Waals surface area contributed by atoms with E-state index < -0.39 is 0 Å². The van der Waals surface area contributed by atoms with Crippen LogP contribution in [0.3, 0.4) is 0 Å². The Morgan fingerprint density at radius 2 is 2.03 bits per heavy atom. The van der Waals surface area contributed by atoms with Crippen molar-refractivity contribution in [2.75, 3.05) is 23.9 Å². The summed E-state index contributed by atoms with van der Waals surface area (Å²) < 4.78 is 11.7. The molecule has 1 spiro atoms. The van der Waals surface area contributed by atoms with Gasteiger partial charge in [-0.15, -0.1) is 0 Å². The van der Waals surface area contributed by atoms with E-state index in [-0.39, 0.29) is 23.5 Å². The summed E-state index contributed by atoms with van der Waals surface area (Å²) in [5.41, 5.74) is 3.61. The number of hydrogen-bond donors (Lipinski definition) is 1. The fourth-order valence-corrected chi connectivity index (χ4v) is 4.79. The predicted octanol–water partition coefficient (Wildman–Crippen LogP) is 3.87. The van der Waals surface area contributed by atoms with Gasteiger partial charge in [-0.25, -0.2) is 4.98 Å². The Labute approximate surface area is 176 Å². The minimum Gasteiger partial charge on any atom is -0.474 e. The first-order valence-corrected chi connectivity index (χ1v) is 10.7. The van der Waals surface area contributed by atoms with Crippen LogP contribution in [-0.4, -0.2) is 41.7 Å². The summed E-state index contributed by atoms with van der Waals surface area (Å²) in [5.74, 6) is 2.01. The first kappa shape index (κ1) is 19.3. The minimum atomic E-state index is -0.122. The van der Waals surface area contributed by atoms with Crippen molar-refractivity contribution >= 4 is 23.2 Å². The number of amides is 1. The summed E-state index contributed by atoms with van der Waals surface area (Å²) in [4.78, 5) is 23.1. The molecule has 0 radical (unpaired) electrons. The molecule has 2 aliphatic carbocycles. The van der Waals surface area contributed by atoms with Crippen LogP contribution in [0.25, 0.3) is 0 Å². The Balaban J connectivity index is 1.45. The molecule has 0 saturated heterocycles. The fourth-order valence-electron chi connectivity index (χ4n) is 4.79. The monoisotopic (exact) mass is 408 g/mol. The summed E-state index contributed by atoms with van der Waals surface area (Å²) in [5, 5.41) is 2.80. The molecule has 2 fully saturated rings. The van der Waals surface area contributed by atoms with Crippen molar-refractivity contribution < 1.29 is 14.3 Å². The number of ether oxygens (including phenoxy) is 2. The van der Waals surface area contributed by atoms with Crippen molar-refractivity contribution in [1.29, 1.82) is 0 Å². The van der Waals surface area contributed by atoms with Gasteiger partial charge in [-0.05, 0) is 44.2 Å². The number of nitrogens with one attached hydrogen (secondary N) is 1. The number of methoxy groups -OCH3 is 1. The molecule has 1 amide bonds. The standard InChI is InChI=1S/C23H28N4O3/c1-14-8-21(26-22(9-14)30-17-5-4-16(10-17)29-3)27-13-23(6-7-23)18-12-24-20(11-19(18)27)25-15(2)28/h8-9,11-12,16-17H,4-7,10,13H2,1-3H3,(H,24,25,28). The summed E-state index contributed by atoms with van der Waals surface area (Å²) in [7, 11) is 1.76. The Bertz CT molecular complexity index is 988. The van der Waals surface area contributed by atoms with E-state index in [1.165, 1.54) is 12.5 Å². The fraction of sp³-hybridized carbons (Fsp3) is 0.522. The van der Waals surface area contributed by atoms with Crippen molar-refractivity contribution in [3.63, 3.8) is 0 Å². The molecule has 1 N–H and O–H groups in total. The van der Waals surface area contributed by atoms with Crippen LogP contribution in [0.15, 0.2) is 24.4 Å². The van der Waals surface area contributed by atoms with Crippen LogP contribution in [0.1, 0.15) is 50.2 Å². The number of pyridine rings is 2. The number of aryl methyl sites for hydroxylation is 1. The van der Waals surface area contributed by atoms with E-state index in [0.29, 0.717) is 11.7 Å². The molecule has 2 saturated carbocycles. The van der Waals surface area contributed by atoms with Crippen LogP contribution in [0, 0.1) is 6.92 Å². The van der Waals surface area contributed by atoms with Crippen molar-refractivity contribution in [3.8, 4) is 5.88 Å². The Morgan fingerprint density at radius 1 is 1.23 bits per heavy atom. The molecule has 158 valence electrons. The first-order valence-electron chi connectivity index (χ1n) is 10.7. The van der Waals surface area contributed by atoms with Gasteiger partial charge in [0.2, 0.25) is 11.8 Å². The number of hydrogen-bond acceptors (Lipinski definition) is 6. The van der Waals surface area contributed by atoms with Crippen molar-refractivity contribution in [2.24, 2.45) is 0 Å². The van der Waals surface area contributed by atoms with Gasteiger partial charge in [0.05, 0.1) is 11.8 Å². The maximum Gasteiger partial charge on any atom is 0.222 e. The van der Waals surface area contributed by atoms with Crippen LogP contribution < -0.4 is 15.0 Å². The zero-order valence-corrected chi connectivity index (χ0v) is 17.8. The second kappa shape index (κ2) is 7.23. The molecule has 7 nitrogen and oxygen atoms in total. The molecule has 2 aromatic rings. The highest BCUT2D eigenvalue weighted by molar-refractivity contribution is 5.89. The maximum atomic E-state index is 11.5. The first-order chi connectivity index (χ1) is 14.5. The van der Waals surface area contributed by atoms with E-state index in [0.717, 1.165) is 55.7 Å². The predicted molar refractivity (Wildman–Crippen MR) is 114 cm³/mol. The molecule has 0 aromatic carbocycles. The van der Waals surface area contributed by atoms with Gasteiger partial charge in [-0.3, -0.25) is 4.79 Å². The van der Waals surface area contributed by atoms with E-state index in [2.05, 4.69) is 28.2 Å². The molecule has 2 aromatic heterocycles. The summed E-state index contributed by atoms with van der Waals surface area (Å²) in [6.07, 6.45) is 7.59. The third-order valence-electron chi connectivity index (χ3n) is 6.53. The van der Waals surface area contributed by atoms with Crippen molar-refractivity contribution in [3.05, 3.63) is 35.5 Å². The highest BCUT2D eigenvalue weighted by Gasteiger charge is 2.52. The van der Waals surface area contributed by atoms with Crippen molar-refractivity contribution in [2.45, 2.75) is 63.6 Å². The molecule has 3 aliphatic rings. The smallest absolute Gasteiger partial charge is 0.222 e. The van der Waals surface area contributed by atoms with E-state index in [9.17, 15) is 4.79 Å². The molecular formula is C23H28N4O3. The normalized spacial score (nSPS) is 23.5. The van der Waals surface area contributed by atoms with Gasteiger partial charge < -0.3 is 19.7 Å². The zero-order chi connectivity index (χ0) is 20.9. The molecule has 0 bridgehead atoms. The topological polar surface area (TPSA) is 76.6 Å². The number of aromatic nitrogens is 2. The molecule has 7 heteroatoms. The summed E-state index contributed by atoms with van der Waals surface area (Å²) >= 11 is 0. The number of carbonyl (C=O) groups is 1. The van der Waals surface area contributed by atoms with Gasteiger partial charge in [0.1, 0.15) is 17.7 Å². The number of fused-ring (bicyclic) bond motifs is 2. The summed E-state index contributed by atoms with van der Waals surface area (Å²) in [6.45, 7) is 4.46. The SMILES string of the molecule is COC1CCC(Oc2cc(C)cc(N3CC4(CC4)c4cnc(NC(C)=O)cc43)n2)C1. The van der Waals surface area contributed by atoms with Crippen molar-refractivity contribution in [1.82, 2.24) is 9.97 Å². The third-order valence-corrected chi connectivity index (χ3v) is 6.53. The lowest BCUT2D eigenvalue weighted by atomic mass is 10.0. The number of carbonyl (C=O) groups excluding carboxylic acids is 1. The van der Waals surface area contributed by atoms with E-state index in [1.807, 2.05) is 18.3 Å². The van der Waals surface area contributed by atoms with Gasteiger partial charge >= 0.3 is 0 Å². The average Bonchev–Trinajstić information content (AvgIpc) is 3.21. The third kappa shape index (κ3) is 3.51. The Morgan fingerprint density at radius 3 is 2.73 bits per heavy atom. The Kier molecular flexibility index (Phi) is 4.65. The number of rotatable bonds is 5. The zero-order valence-electron chi connectivity index (χ0n) is 17.8. The highest BCUT2D eigenvalue weighted by atomic mass is 16.5. The van der Waals surface area contributed by atoms with E-state index in [1.54, 1.807) is 7.11 Å². The maximum absolute atomic E-state index is 11.5. The van der Waals surface area contributed by atoms with E-state index >= 15 is 0 Å². The van der Waals surface area contributed by atoms with Crippen LogP contribution in [-0.2, 0) is 14.9 Å². The molecular weight excluding hydrogens is 380 g/mol. The lowest BCUT2D eigenvalue weighted by Crippen LogP contribution is -2.21. The molecule has 3 heterocycles.